The Morgan fingerprint density at radius 2 is 1.86 bits per heavy atom. The van der Waals surface area contributed by atoms with Gasteiger partial charge in [0, 0.05) is 0 Å². The van der Waals surface area contributed by atoms with E-state index in [4.69, 9.17) is 4.74 Å². The molecule has 5 heteroatoms. The second kappa shape index (κ2) is 4.08. The van der Waals surface area contributed by atoms with Crippen molar-refractivity contribution in [2.24, 2.45) is 5.92 Å². The van der Waals surface area contributed by atoms with Crippen molar-refractivity contribution in [2.45, 2.75) is 26.4 Å². The van der Waals surface area contributed by atoms with Crippen LogP contribution in [0, 0.1) is 5.92 Å². The maximum atomic E-state index is 11.4. The zero-order chi connectivity index (χ0) is 10.9. The van der Waals surface area contributed by atoms with Crippen molar-refractivity contribution >= 4 is 32.4 Å². The summed E-state index contributed by atoms with van der Waals surface area (Å²) < 4.78 is 5.43. The molecule has 78 valence electrons. The molecule has 0 atom stereocenters. The average molecular weight is 304 g/mol. The van der Waals surface area contributed by atoms with E-state index in [9.17, 15) is 9.59 Å². The number of hydrogen-bond acceptors (Lipinski definition) is 3. The third-order valence-electron chi connectivity index (χ3n) is 1.94. The SMILES string of the molecule is CC(C)(C)OC(=O)N1CC([C](=O)[SnH])C1. The van der Waals surface area contributed by atoms with Crippen molar-refractivity contribution < 1.29 is 14.3 Å². The fourth-order valence-electron chi connectivity index (χ4n) is 1.13. The van der Waals surface area contributed by atoms with E-state index < -0.39 is 5.60 Å². The third kappa shape index (κ3) is 3.15. The molecule has 1 rings (SSSR count). The molecule has 0 spiro atoms. The summed E-state index contributed by atoms with van der Waals surface area (Å²) in [5.41, 5.74) is -0.452. The van der Waals surface area contributed by atoms with E-state index in [0.717, 1.165) is 0 Å². The number of carbonyl (C=O) groups is 2. The summed E-state index contributed by atoms with van der Waals surface area (Å²) in [6.07, 6.45) is -0.310. The van der Waals surface area contributed by atoms with Gasteiger partial charge in [-0.3, -0.25) is 0 Å². The third-order valence-corrected chi connectivity index (χ3v) is 3.28. The first-order valence-electron chi connectivity index (χ1n) is 4.57. The molecule has 0 aliphatic carbocycles. The second-order valence-corrected chi connectivity index (χ2v) is 6.11. The second-order valence-electron chi connectivity index (χ2n) is 4.48. The predicted molar refractivity (Wildman–Crippen MR) is 53.5 cm³/mol. The number of hydrogen-bond donors (Lipinski definition) is 0. The first-order chi connectivity index (χ1) is 6.29. The van der Waals surface area contributed by atoms with Crippen molar-refractivity contribution in [3.8, 4) is 0 Å². The van der Waals surface area contributed by atoms with Crippen LogP contribution in [0.25, 0.3) is 0 Å². The fourth-order valence-corrected chi connectivity index (χ4v) is 1.74. The molecular formula is C9H15NO3Sn. The van der Waals surface area contributed by atoms with Gasteiger partial charge in [0.25, 0.3) is 0 Å². The Labute approximate surface area is 97.1 Å². The van der Waals surface area contributed by atoms with Gasteiger partial charge in [0.15, 0.2) is 0 Å². The van der Waals surface area contributed by atoms with Crippen molar-refractivity contribution in [3.63, 3.8) is 0 Å². The van der Waals surface area contributed by atoms with E-state index in [1.54, 1.807) is 4.90 Å². The van der Waals surface area contributed by atoms with Gasteiger partial charge in [-0.25, -0.2) is 0 Å². The average Bonchev–Trinajstić information content (AvgIpc) is 1.75. The van der Waals surface area contributed by atoms with Crippen molar-refractivity contribution in [2.75, 3.05) is 13.1 Å². The van der Waals surface area contributed by atoms with Gasteiger partial charge in [-0.15, -0.1) is 0 Å². The fraction of sp³-hybridized carbons (Fsp3) is 0.778. The molecule has 2 radical (unpaired) electrons. The Kier molecular flexibility index (Phi) is 3.44. The summed E-state index contributed by atoms with van der Waals surface area (Å²) in [6, 6.07) is 0. The molecule has 0 N–H and O–H groups in total. The van der Waals surface area contributed by atoms with E-state index in [0.29, 0.717) is 35.6 Å². The molecule has 1 aliphatic heterocycles. The first-order valence-corrected chi connectivity index (χ1v) is 6.21. The summed E-state index contributed by atoms with van der Waals surface area (Å²) in [4.78, 5) is 23.9. The van der Waals surface area contributed by atoms with Gasteiger partial charge >= 0.3 is 97.0 Å². The van der Waals surface area contributed by atoms with Crippen LogP contribution in [0.4, 0.5) is 4.79 Å². The van der Waals surface area contributed by atoms with Crippen LogP contribution in [0.3, 0.4) is 0 Å². The standard InChI is InChI=1S/C9H14NO3.Sn.H/c1-9(2,3)13-8(12)10-4-7(5-10)6-11;;/h7H,4-5H2,1-3H3;;. The van der Waals surface area contributed by atoms with Crippen LogP contribution in [0.15, 0.2) is 0 Å². The number of rotatable bonds is 1. The Bertz CT molecular complexity index is 253. The summed E-state index contributed by atoms with van der Waals surface area (Å²) >= 11 is 0.638. The monoisotopic (exact) mass is 305 g/mol. The zero-order valence-electron chi connectivity index (χ0n) is 8.74. The van der Waals surface area contributed by atoms with Gasteiger partial charge in [-0.2, -0.15) is 0 Å². The molecule has 1 aliphatic rings. The summed E-state index contributed by atoms with van der Waals surface area (Å²) in [7, 11) is 0. The van der Waals surface area contributed by atoms with Gasteiger partial charge < -0.3 is 0 Å². The number of nitrogens with zero attached hydrogens (tertiary/aromatic N) is 1. The molecule has 1 fully saturated rings. The number of ether oxygens (including phenoxy) is 1. The number of amides is 1. The molecule has 1 heterocycles. The molecule has 1 saturated heterocycles. The molecule has 1 amide bonds. The van der Waals surface area contributed by atoms with Crippen LogP contribution in [0.5, 0.6) is 0 Å². The van der Waals surface area contributed by atoms with E-state index in [-0.39, 0.29) is 15.8 Å². The summed E-state index contributed by atoms with van der Waals surface area (Å²) in [5, 5.41) is 0. The molecule has 0 saturated carbocycles. The van der Waals surface area contributed by atoms with Crippen LogP contribution >= 0.6 is 0 Å². The van der Waals surface area contributed by atoms with Crippen molar-refractivity contribution in [1.29, 1.82) is 0 Å². The molecular weight excluding hydrogens is 289 g/mol. The molecule has 0 aromatic heterocycles. The van der Waals surface area contributed by atoms with Crippen LogP contribution < -0.4 is 0 Å². The minimum absolute atomic E-state index is 0.0740. The van der Waals surface area contributed by atoms with E-state index in [1.165, 1.54) is 0 Å². The quantitative estimate of drug-likeness (QED) is 0.654. The molecule has 0 aromatic carbocycles. The normalized spacial score (nSPS) is 17.6. The number of likely N-dealkylation sites (tertiary alicyclic amines) is 1. The Morgan fingerprint density at radius 1 is 1.36 bits per heavy atom. The summed E-state index contributed by atoms with van der Waals surface area (Å²) in [5.74, 6) is 0.0740. The van der Waals surface area contributed by atoms with Gasteiger partial charge in [-0.1, -0.05) is 0 Å². The number of carbonyl (C=O) groups excluding carboxylic acids is 2. The molecule has 14 heavy (non-hydrogen) atoms. The summed E-state index contributed by atoms with van der Waals surface area (Å²) in [6.45, 7) is 6.57. The van der Waals surface area contributed by atoms with Gasteiger partial charge in [0.1, 0.15) is 0 Å². The van der Waals surface area contributed by atoms with Gasteiger partial charge in [-0.05, 0) is 0 Å². The minimum atomic E-state index is -0.452. The Morgan fingerprint density at radius 3 is 2.21 bits per heavy atom. The topological polar surface area (TPSA) is 46.6 Å². The Balaban J connectivity index is 2.34. The van der Waals surface area contributed by atoms with Crippen LogP contribution in [0.1, 0.15) is 20.8 Å². The van der Waals surface area contributed by atoms with E-state index in [1.807, 2.05) is 20.8 Å². The van der Waals surface area contributed by atoms with Crippen molar-refractivity contribution in [3.05, 3.63) is 0 Å². The van der Waals surface area contributed by atoms with Gasteiger partial charge in [0.05, 0.1) is 0 Å². The predicted octanol–water partition coefficient (Wildman–Crippen LogP) is 0.281. The van der Waals surface area contributed by atoms with Crippen LogP contribution in [-0.2, 0) is 9.53 Å². The zero-order valence-corrected chi connectivity index (χ0v) is 12.0. The Hall–Kier alpha value is -0.261. The van der Waals surface area contributed by atoms with Crippen LogP contribution in [-0.4, -0.2) is 56.0 Å². The van der Waals surface area contributed by atoms with Crippen LogP contribution in [0.2, 0.25) is 0 Å². The molecule has 0 aromatic rings. The van der Waals surface area contributed by atoms with Crippen molar-refractivity contribution in [1.82, 2.24) is 4.90 Å². The molecule has 0 bridgehead atoms. The van der Waals surface area contributed by atoms with E-state index >= 15 is 0 Å². The maximum absolute atomic E-state index is 11.4. The van der Waals surface area contributed by atoms with Gasteiger partial charge in [0.2, 0.25) is 0 Å². The molecule has 0 unspecified atom stereocenters. The van der Waals surface area contributed by atoms with E-state index in [2.05, 4.69) is 0 Å². The molecule has 4 nitrogen and oxygen atoms in total. The first kappa shape index (κ1) is 11.8.